The Morgan fingerprint density at radius 2 is 1.45 bits per heavy atom. The van der Waals surface area contributed by atoms with Crippen LogP contribution in [0.2, 0.25) is 0 Å². The third-order valence-corrected chi connectivity index (χ3v) is 21.3. The first-order valence-electron chi connectivity index (χ1n) is 27.4. The normalized spacial score (nSPS) is 51.0. The maximum absolute atomic E-state index is 13.6. The van der Waals surface area contributed by atoms with E-state index >= 15 is 0 Å². The van der Waals surface area contributed by atoms with Crippen molar-refractivity contribution in [2.45, 2.75) is 224 Å². The molecule has 2 bridgehead atoms. The molecular weight excluding hydrogens is 1040 g/mol. The topological polar surface area (TPSA) is 360 Å². The zero-order chi connectivity index (χ0) is 56.4. The molecule has 0 radical (unpaired) electrons. The quantitative estimate of drug-likeness (QED) is 0.0341. The molecule has 0 spiro atoms. The van der Waals surface area contributed by atoms with E-state index in [0.717, 1.165) is 0 Å². The number of esters is 2. The monoisotopic (exact) mass is 1120 g/mol. The third-order valence-electron chi connectivity index (χ3n) is 21.3. The van der Waals surface area contributed by atoms with Crippen molar-refractivity contribution >= 4 is 17.9 Å². The molecule has 0 aromatic rings. The summed E-state index contributed by atoms with van der Waals surface area (Å²) < 4.78 is 54.2. The van der Waals surface area contributed by atoms with Crippen molar-refractivity contribution in [3.63, 3.8) is 0 Å². The summed E-state index contributed by atoms with van der Waals surface area (Å²) in [6.07, 6.45) is -23.2. The van der Waals surface area contributed by atoms with Crippen LogP contribution in [-0.4, -0.2) is 212 Å². The molecule has 10 N–H and O–H groups in total. The molecule has 438 valence electrons. The molecule has 78 heavy (non-hydrogen) atoms. The summed E-state index contributed by atoms with van der Waals surface area (Å²) in [5.74, 6) is -3.85. The number of carbonyl (C=O) groups excluding carboxylic acids is 2. The van der Waals surface area contributed by atoms with Gasteiger partial charge in [-0.1, -0.05) is 53.2 Å². The van der Waals surface area contributed by atoms with Gasteiger partial charge in [-0.25, -0.2) is 4.79 Å². The van der Waals surface area contributed by atoms with Gasteiger partial charge in [0.15, 0.2) is 25.0 Å². The van der Waals surface area contributed by atoms with Gasteiger partial charge >= 0.3 is 47.5 Å². The Bertz CT molecular complexity index is 2240. The van der Waals surface area contributed by atoms with Crippen LogP contribution in [0, 0.1) is 56.2 Å². The Kier molecular flexibility index (Phi) is 18.0. The number of ether oxygens (including phenoxy) is 9. The maximum Gasteiger partial charge on any atom is 1.00 e. The van der Waals surface area contributed by atoms with E-state index in [0.29, 0.717) is 44.9 Å². The van der Waals surface area contributed by atoms with Crippen molar-refractivity contribution in [1.82, 2.24) is 0 Å². The van der Waals surface area contributed by atoms with Crippen molar-refractivity contribution in [3.8, 4) is 0 Å². The van der Waals surface area contributed by atoms with Gasteiger partial charge in [0.2, 0.25) is 0 Å². The molecule has 0 aromatic carbocycles. The Labute approximate surface area is 476 Å². The van der Waals surface area contributed by atoms with E-state index in [2.05, 4.69) is 40.7 Å². The molecular formula is C54H83NaO23. The number of fused-ring (bicyclic) bond motifs is 7. The van der Waals surface area contributed by atoms with Crippen molar-refractivity contribution < 1.29 is 143 Å². The molecule has 9 rings (SSSR count). The first-order valence-corrected chi connectivity index (χ1v) is 27.4. The number of aliphatic carboxylic acids is 1. The van der Waals surface area contributed by atoms with Crippen molar-refractivity contribution in [3.05, 3.63) is 11.6 Å². The molecule has 5 aliphatic carbocycles. The summed E-state index contributed by atoms with van der Waals surface area (Å²) in [6.45, 7) is 15.6. The largest absolute Gasteiger partial charge is 1.00 e. The van der Waals surface area contributed by atoms with E-state index in [9.17, 15) is 70.6 Å². The van der Waals surface area contributed by atoms with Crippen molar-refractivity contribution in [2.24, 2.45) is 56.2 Å². The molecule has 4 heterocycles. The van der Waals surface area contributed by atoms with Crippen molar-refractivity contribution in [1.29, 1.82) is 0 Å². The van der Waals surface area contributed by atoms with Crippen LogP contribution in [-0.2, 0) is 57.0 Å². The number of aliphatic hydroxyl groups is 9. The average molecular weight is 1120 g/mol. The summed E-state index contributed by atoms with van der Waals surface area (Å²) in [6, 6.07) is 0. The first kappa shape index (κ1) is 62.5. The van der Waals surface area contributed by atoms with Crippen LogP contribution >= 0.6 is 0 Å². The standard InChI is InChI=1S/C54H83O23.Na/c1-22(23(2)71-24(3)57)45(68)70-21-54-26-16-49(4,5)43(42(54)65)73-32(54)17-53(9)25(26)10-11-30-50(6)14-13-31(51(7,20-56)29(50)12-15-52(30,53)8)74-48-40(76-46-36(62)33(59)27(58)19-69-46)38(64)39(41(77-48)44(66)67)75-47-37(63)35(61)34(60)28(18-55)72-47;/h10,22-23,26-43,46-48,56,58-65H,11-21H2,1-9H3,(H,66,67);/q-1;+1/t22?,23?,26?,27-,28-,29?,30?,31?,32?,33+,34-,35+,36-,37-,38+,39+,40-,41?,42?,43?,46+,47-,48-,50?,51?,52?,53?,54?;/m1./s1. The van der Waals surface area contributed by atoms with E-state index in [4.69, 9.17) is 42.6 Å². The second-order valence-corrected chi connectivity index (χ2v) is 25.8. The molecule has 4 saturated heterocycles. The Hall–Kier alpha value is -1.53. The zero-order valence-electron chi connectivity index (χ0n) is 46.4. The van der Waals surface area contributed by atoms with Gasteiger partial charge in [-0.3, -0.25) is 9.59 Å². The molecule has 28 atom stereocenters. The van der Waals surface area contributed by atoms with E-state index in [1.54, 1.807) is 13.8 Å². The van der Waals surface area contributed by atoms with Crippen molar-refractivity contribution in [2.75, 3.05) is 26.4 Å². The second-order valence-electron chi connectivity index (χ2n) is 25.8. The van der Waals surface area contributed by atoms with Gasteiger partial charge < -0.3 is 98.8 Å². The summed E-state index contributed by atoms with van der Waals surface area (Å²) in [5, 5.41) is 122. The van der Waals surface area contributed by atoms with Crippen LogP contribution in [0.15, 0.2) is 11.6 Å². The Morgan fingerprint density at radius 1 is 0.782 bits per heavy atom. The fourth-order valence-corrected chi connectivity index (χ4v) is 16.5. The molecule has 23 nitrogen and oxygen atoms in total. The van der Waals surface area contributed by atoms with E-state index < -0.39 is 181 Å². The molecule has 8 fully saturated rings. The van der Waals surface area contributed by atoms with Gasteiger partial charge in [-0.2, -0.15) is 0 Å². The zero-order valence-corrected chi connectivity index (χ0v) is 48.4. The van der Waals surface area contributed by atoms with Crippen LogP contribution in [0.5, 0.6) is 0 Å². The number of carboxylic acids is 1. The smallest absolute Gasteiger partial charge is 0.853 e. The van der Waals surface area contributed by atoms with E-state index in [-0.39, 0.29) is 65.9 Å². The van der Waals surface area contributed by atoms with Crippen LogP contribution in [0.3, 0.4) is 0 Å². The third kappa shape index (κ3) is 9.81. The van der Waals surface area contributed by atoms with Gasteiger partial charge in [0.1, 0.15) is 67.6 Å². The van der Waals surface area contributed by atoms with Crippen LogP contribution in [0.4, 0.5) is 0 Å². The molecule has 0 aromatic heterocycles. The fourth-order valence-electron chi connectivity index (χ4n) is 16.5. The number of hydrogen-bond acceptors (Lipinski definition) is 22. The first-order chi connectivity index (χ1) is 36.0. The van der Waals surface area contributed by atoms with Crippen LogP contribution < -0.4 is 34.7 Å². The molecule has 9 aliphatic rings. The predicted molar refractivity (Wildman–Crippen MR) is 259 cm³/mol. The SMILES string of the molecule is CC(=O)OC(C)C(C)C(=O)OCC12C3CC4(C)C(=CCC5C6(C)CCC(O[C@@H]7OC(C(=O)O)[C@@H](O[C@H]8O[C@H](C[O-])[C@@H](O)[C@H](O)[C@H]8O)[C@H](O)[C@H]7O[C@@H]7OC[C@@H](O)[C@H](O)[C@H]7O)C(C)(CO)C6CCC54C)C1CC(C)(C)C(O3)C2O.[Na+]. The van der Waals surface area contributed by atoms with Gasteiger partial charge in [0.05, 0.1) is 55.1 Å². The minimum Gasteiger partial charge on any atom is -0.853 e. The number of carbonyl (C=O) groups is 3. The second kappa shape index (κ2) is 22.5. The minimum absolute atomic E-state index is 0. The fraction of sp³-hybridized carbons (Fsp3) is 0.907. The summed E-state index contributed by atoms with van der Waals surface area (Å²) in [4.78, 5) is 38.4. The summed E-state index contributed by atoms with van der Waals surface area (Å²) in [5.41, 5.74) is -2.42. The number of rotatable bonds is 14. The molecule has 4 saturated carbocycles. The van der Waals surface area contributed by atoms with Gasteiger partial charge in [0.25, 0.3) is 0 Å². The van der Waals surface area contributed by atoms with Crippen LogP contribution in [0.1, 0.15) is 107 Å². The maximum atomic E-state index is 13.6. The Balaban J connectivity index is 0.00000803. The number of aliphatic hydroxyl groups excluding tert-OH is 9. The summed E-state index contributed by atoms with van der Waals surface area (Å²) in [7, 11) is 0. The van der Waals surface area contributed by atoms with E-state index in [1.165, 1.54) is 12.5 Å². The predicted octanol–water partition coefficient (Wildman–Crippen LogP) is -4.21. The molecule has 24 heteroatoms. The van der Waals surface area contributed by atoms with Crippen LogP contribution in [0.25, 0.3) is 0 Å². The van der Waals surface area contributed by atoms with Gasteiger partial charge in [-0.15, -0.1) is 6.61 Å². The van der Waals surface area contributed by atoms with E-state index in [1.807, 2.05) is 6.92 Å². The number of allylic oxidation sites excluding steroid dienone is 2. The number of hydrogen-bond donors (Lipinski definition) is 10. The van der Waals surface area contributed by atoms with Gasteiger partial charge in [0, 0.05) is 12.3 Å². The average Bonchev–Trinajstić information content (AvgIpc) is 3.34. The Morgan fingerprint density at radius 3 is 2.09 bits per heavy atom. The molecule has 4 aliphatic heterocycles. The van der Waals surface area contributed by atoms with Gasteiger partial charge in [-0.05, 0) is 98.2 Å². The minimum atomic E-state index is -2.11. The molecule has 0 amide bonds. The summed E-state index contributed by atoms with van der Waals surface area (Å²) >= 11 is 0. The molecule has 15 unspecified atom stereocenters. The number of carboxylic acid groups (broad SMARTS) is 1.